The Bertz CT molecular complexity index is 704. The summed E-state index contributed by atoms with van der Waals surface area (Å²) in [7, 11) is -1.95. The highest BCUT2D eigenvalue weighted by Gasteiger charge is 2.24. The molecule has 21 heavy (non-hydrogen) atoms. The molecule has 0 saturated heterocycles. The highest BCUT2D eigenvalue weighted by Crippen LogP contribution is 2.17. The van der Waals surface area contributed by atoms with Crippen LogP contribution in [0.25, 0.3) is 0 Å². The van der Waals surface area contributed by atoms with Crippen molar-refractivity contribution in [2.24, 2.45) is 7.05 Å². The van der Waals surface area contributed by atoms with E-state index in [0.29, 0.717) is 23.8 Å². The van der Waals surface area contributed by atoms with Gasteiger partial charge in [-0.2, -0.15) is 10.2 Å². The van der Waals surface area contributed by atoms with Gasteiger partial charge in [-0.1, -0.05) is 6.92 Å². The second-order valence-corrected chi connectivity index (χ2v) is 6.27. The fraction of sp³-hybridized carbons (Fsp3) is 0.545. The molecule has 10 heteroatoms. The average molecular weight is 313 g/mol. The van der Waals surface area contributed by atoms with Crippen LogP contribution in [0, 0.1) is 6.92 Å². The second-order valence-electron chi connectivity index (χ2n) is 4.56. The van der Waals surface area contributed by atoms with Gasteiger partial charge in [0.1, 0.15) is 11.2 Å². The molecule has 116 valence electrons. The molecule has 2 aromatic rings. The van der Waals surface area contributed by atoms with E-state index in [0.717, 1.165) is 6.54 Å². The number of nitrogens with zero attached hydrogens (tertiary/aromatic N) is 4. The second kappa shape index (κ2) is 6.33. The first-order chi connectivity index (χ1) is 9.94. The molecule has 0 amide bonds. The monoisotopic (exact) mass is 313 g/mol. The zero-order valence-electron chi connectivity index (χ0n) is 12.2. The maximum atomic E-state index is 12.4. The van der Waals surface area contributed by atoms with E-state index >= 15 is 0 Å². The lowest BCUT2D eigenvalue weighted by Gasteiger charge is -2.07. The lowest BCUT2D eigenvalue weighted by molar-refractivity contribution is 0.575. The van der Waals surface area contributed by atoms with Gasteiger partial charge in [-0.25, -0.2) is 18.1 Å². The van der Waals surface area contributed by atoms with Crippen LogP contribution in [0.15, 0.2) is 11.2 Å². The van der Waals surface area contributed by atoms with Gasteiger partial charge in [0.25, 0.3) is 0 Å². The Balaban J connectivity index is 2.17. The number of aryl methyl sites for hydroxylation is 2. The summed E-state index contributed by atoms with van der Waals surface area (Å²) < 4.78 is 28.8. The summed E-state index contributed by atoms with van der Waals surface area (Å²) in [6.07, 6.45) is 1.52. The van der Waals surface area contributed by atoms with Crippen LogP contribution in [0.4, 0.5) is 0 Å². The number of rotatable bonds is 7. The van der Waals surface area contributed by atoms with Gasteiger partial charge in [-0.15, -0.1) is 0 Å². The molecular weight excluding hydrogens is 294 g/mol. The van der Waals surface area contributed by atoms with E-state index < -0.39 is 10.0 Å². The zero-order chi connectivity index (χ0) is 15.5. The largest absolute Gasteiger partial charge is 0.311 e. The van der Waals surface area contributed by atoms with Crippen LogP contribution in [0.1, 0.15) is 24.1 Å². The Hall–Kier alpha value is -1.78. The molecular formula is C11H19N7O2S. The van der Waals surface area contributed by atoms with Crippen LogP contribution in [0.2, 0.25) is 0 Å². The summed E-state index contributed by atoms with van der Waals surface area (Å²) in [6.45, 7) is 4.78. The van der Waals surface area contributed by atoms with Crippen molar-refractivity contribution < 1.29 is 8.42 Å². The first-order valence-electron chi connectivity index (χ1n) is 6.52. The standard InChI is InChI=1S/C11H19N7O2S/c1-4-12-5-9-11(8(2)15-16-9)21(19,20)14-6-10-13-7-18(3)17-10/h7,12,14H,4-6H2,1-3H3,(H,15,16). The fourth-order valence-electron chi connectivity index (χ4n) is 1.89. The number of H-pyrrole nitrogens is 1. The Kier molecular flexibility index (Phi) is 4.70. The summed E-state index contributed by atoms with van der Waals surface area (Å²) in [5, 5.41) is 13.8. The summed E-state index contributed by atoms with van der Waals surface area (Å²) in [5.74, 6) is 0.412. The molecule has 2 aromatic heterocycles. The van der Waals surface area contributed by atoms with E-state index in [1.807, 2.05) is 6.92 Å². The molecule has 0 bridgehead atoms. The number of nitrogens with one attached hydrogen (secondary N) is 3. The molecule has 0 unspecified atom stereocenters. The fourth-order valence-corrected chi connectivity index (χ4v) is 3.23. The molecule has 2 heterocycles. The molecule has 0 spiro atoms. The van der Waals surface area contributed by atoms with Crippen LogP contribution in [-0.4, -0.2) is 39.9 Å². The van der Waals surface area contributed by atoms with Crippen LogP contribution in [-0.2, 0) is 30.2 Å². The average Bonchev–Trinajstić information content (AvgIpc) is 3.00. The topological polar surface area (TPSA) is 118 Å². The normalized spacial score (nSPS) is 12.0. The predicted octanol–water partition coefficient (Wildman–Crippen LogP) is -0.565. The van der Waals surface area contributed by atoms with E-state index in [4.69, 9.17) is 0 Å². The maximum Gasteiger partial charge on any atom is 0.244 e. The van der Waals surface area contributed by atoms with Crippen molar-refractivity contribution in [3.63, 3.8) is 0 Å². The predicted molar refractivity (Wildman–Crippen MR) is 75.7 cm³/mol. The van der Waals surface area contributed by atoms with Crippen molar-refractivity contribution in [3.05, 3.63) is 23.5 Å². The van der Waals surface area contributed by atoms with Crippen LogP contribution in [0.5, 0.6) is 0 Å². The van der Waals surface area contributed by atoms with Gasteiger partial charge < -0.3 is 5.32 Å². The minimum absolute atomic E-state index is 0.0362. The van der Waals surface area contributed by atoms with Crippen LogP contribution >= 0.6 is 0 Å². The van der Waals surface area contributed by atoms with Gasteiger partial charge in [0, 0.05) is 13.6 Å². The molecule has 0 radical (unpaired) electrons. The van der Waals surface area contributed by atoms with Crippen LogP contribution < -0.4 is 10.0 Å². The van der Waals surface area contributed by atoms with Gasteiger partial charge in [0.2, 0.25) is 10.0 Å². The number of aromatic amines is 1. The van der Waals surface area contributed by atoms with E-state index in [9.17, 15) is 8.42 Å². The smallest absolute Gasteiger partial charge is 0.244 e. The zero-order valence-corrected chi connectivity index (χ0v) is 13.0. The quantitative estimate of drug-likeness (QED) is 0.630. The van der Waals surface area contributed by atoms with Crippen LogP contribution in [0.3, 0.4) is 0 Å². The minimum atomic E-state index is -3.67. The molecule has 3 N–H and O–H groups in total. The van der Waals surface area contributed by atoms with Gasteiger partial charge in [-0.3, -0.25) is 9.78 Å². The lowest BCUT2D eigenvalue weighted by Crippen LogP contribution is -2.26. The van der Waals surface area contributed by atoms with E-state index in [-0.39, 0.29) is 11.4 Å². The maximum absolute atomic E-state index is 12.4. The highest BCUT2D eigenvalue weighted by molar-refractivity contribution is 7.89. The van der Waals surface area contributed by atoms with Gasteiger partial charge in [-0.05, 0) is 13.5 Å². The summed E-state index contributed by atoms with van der Waals surface area (Å²) in [4.78, 5) is 4.16. The molecule has 0 aliphatic heterocycles. The SMILES string of the molecule is CCNCc1n[nH]c(C)c1S(=O)(=O)NCc1ncn(C)n1. The number of hydrogen-bond donors (Lipinski definition) is 3. The Labute approximate surface area is 123 Å². The van der Waals surface area contributed by atoms with Crippen molar-refractivity contribution in [3.8, 4) is 0 Å². The van der Waals surface area contributed by atoms with Crippen molar-refractivity contribution in [1.82, 2.24) is 35.0 Å². The third kappa shape index (κ3) is 3.65. The van der Waals surface area contributed by atoms with Gasteiger partial charge in [0.15, 0.2) is 5.82 Å². The number of sulfonamides is 1. The molecule has 2 rings (SSSR count). The van der Waals surface area contributed by atoms with Crippen molar-refractivity contribution in [1.29, 1.82) is 0 Å². The molecule has 0 saturated carbocycles. The van der Waals surface area contributed by atoms with Crippen molar-refractivity contribution in [2.45, 2.75) is 31.8 Å². The third-order valence-corrected chi connectivity index (χ3v) is 4.44. The van der Waals surface area contributed by atoms with E-state index in [2.05, 4.69) is 30.3 Å². The van der Waals surface area contributed by atoms with Crippen molar-refractivity contribution >= 4 is 10.0 Å². The lowest BCUT2D eigenvalue weighted by atomic mass is 10.3. The van der Waals surface area contributed by atoms with Crippen molar-refractivity contribution in [2.75, 3.05) is 6.54 Å². The highest BCUT2D eigenvalue weighted by atomic mass is 32.2. The molecule has 0 aromatic carbocycles. The minimum Gasteiger partial charge on any atom is -0.311 e. The summed E-state index contributed by atoms with van der Waals surface area (Å²) in [6, 6.07) is 0. The number of hydrogen-bond acceptors (Lipinski definition) is 6. The van der Waals surface area contributed by atoms with E-state index in [1.165, 1.54) is 11.0 Å². The summed E-state index contributed by atoms with van der Waals surface area (Å²) >= 11 is 0. The van der Waals surface area contributed by atoms with Gasteiger partial charge in [0.05, 0.1) is 17.9 Å². The Morgan fingerprint density at radius 2 is 2.14 bits per heavy atom. The third-order valence-electron chi connectivity index (χ3n) is 2.84. The first-order valence-corrected chi connectivity index (χ1v) is 8.01. The Morgan fingerprint density at radius 3 is 2.76 bits per heavy atom. The molecule has 0 aliphatic carbocycles. The Morgan fingerprint density at radius 1 is 1.38 bits per heavy atom. The molecule has 0 atom stereocenters. The van der Waals surface area contributed by atoms with E-state index in [1.54, 1.807) is 14.0 Å². The first kappa shape index (κ1) is 15.6. The molecule has 9 nitrogen and oxygen atoms in total. The van der Waals surface area contributed by atoms with Gasteiger partial charge >= 0.3 is 0 Å². The summed E-state index contributed by atoms with van der Waals surface area (Å²) in [5.41, 5.74) is 0.972. The molecule has 0 aliphatic rings. The number of aromatic nitrogens is 5. The molecule has 0 fully saturated rings.